The van der Waals surface area contributed by atoms with Gasteiger partial charge in [0.1, 0.15) is 28.6 Å². The number of hydrogen-bond acceptors (Lipinski definition) is 7. The molecule has 0 amide bonds. The van der Waals surface area contributed by atoms with Crippen LogP contribution < -0.4 is 14.2 Å². The average Bonchev–Trinajstić information content (AvgIpc) is 3.30. The monoisotopic (exact) mass is 477 g/mol. The number of hydrogen-bond donors (Lipinski definition) is 0. The van der Waals surface area contributed by atoms with E-state index < -0.39 is 0 Å². The lowest BCUT2D eigenvalue weighted by Crippen LogP contribution is -2.05. The third-order valence-electron chi connectivity index (χ3n) is 5.35. The summed E-state index contributed by atoms with van der Waals surface area (Å²) in [6.45, 7) is 2.41. The number of pyridine rings is 1. The number of nitrogens with zero attached hydrogens (tertiary/aromatic N) is 5. The first-order valence-corrected chi connectivity index (χ1v) is 11.4. The molecular weight excluding hydrogens is 454 g/mol. The molecule has 5 aromatic rings. The van der Waals surface area contributed by atoms with E-state index in [2.05, 4.69) is 21.8 Å². The van der Waals surface area contributed by atoms with Gasteiger partial charge in [-0.1, -0.05) is 36.3 Å². The summed E-state index contributed by atoms with van der Waals surface area (Å²) in [5, 5.41) is 0. The molecule has 8 heteroatoms. The summed E-state index contributed by atoms with van der Waals surface area (Å²) in [7, 11) is 3.21. The molecule has 0 spiro atoms. The minimum atomic E-state index is 0.437. The van der Waals surface area contributed by atoms with E-state index in [9.17, 15) is 0 Å². The average molecular weight is 478 g/mol. The summed E-state index contributed by atoms with van der Waals surface area (Å²) in [6, 6.07) is 20.8. The van der Waals surface area contributed by atoms with E-state index in [0.29, 0.717) is 58.2 Å². The molecule has 0 bridgehead atoms. The lowest BCUT2D eigenvalue weighted by atomic mass is 10.2. The summed E-state index contributed by atoms with van der Waals surface area (Å²) in [5.41, 5.74) is 3.54. The highest BCUT2D eigenvalue weighted by atomic mass is 16.5. The molecule has 0 aliphatic rings. The fraction of sp³-hybridized carbons (Fsp3) is 0.143. The summed E-state index contributed by atoms with van der Waals surface area (Å²) in [5.74, 6) is 8.41. The first-order valence-electron chi connectivity index (χ1n) is 11.4. The van der Waals surface area contributed by atoms with Crippen molar-refractivity contribution in [3.8, 4) is 46.4 Å². The Morgan fingerprint density at radius 1 is 0.806 bits per heavy atom. The van der Waals surface area contributed by atoms with Gasteiger partial charge in [0.05, 0.1) is 27.0 Å². The molecule has 0 saturated carbocycles. The molecule has 0 fully saturated rings. The maximum absolute atomic E-state index is 5.70. The number of benzene rings is 2. The summed E-state index contributed by atoms with van der Waals surface area (Å²) >= 11 is 0. The standard InChI is InChI=1S/C28H23N5O3/c1-4-36-24-15-8-12-21(31-24)27-32-26-28(33(27)25-22(34-2)13-9-14-23(25)35-3)30-20(18-29-26)17-16-19-10-6-5-7-11-19/h5-15,18H,4H2,1-3H3. The Morgan fingerprint density at radius 3 is 2.28 bits per heavy atom. The first-order chi connectivity index (χ1) is 17.7. The normalized spacial score (nSPS) is 10.5. The van der Waals surface area contributed by atoms with Gasteiger partial charge >= 0.3 is 0 Å². The molecule has 2 aromatic carbocycles. The van der Waals surface area contributed by atoms with Crippen LogP contribution in [0.3, 0.4) is 0 Å². The number of imidazole rings is 1. The van der Waals surface area contributed by atoms with E-state index in [1.54, 1.807) is 26.5 Å². The van der Waals surface area contributed by atoms with Gasteiger partial charge in [-0.05, 0) is 43.2 Å². The van der Waals surface area contributed by atoms with Crippen molar-refractivity contribution in [2.75, 3.05) is 20.8 Å². The van der Waals surface area contributed by atoms with Crippen LogP contribution in [0, 0.1) is 11.8 Å². The van der Waals surface area contributed by atoms with Crippen LogP contribution in [0.15, 0.2) is 72.9 Å². The van der Waals surface area contributed by atoms with Crippen molar-refractivity contribution in [2.24, 2.45) is 0 Å². The molecule has 0 saturated heterocycles. The molecule has 0 aliphatic heterocycles. The van der Waals surface area contributed by atoms with Crippen molar-refractivity contribution in [1.82, 2.24) is 24.5 Å². The molecule has 3 heterocycles. The summed E-state index contributed by atoms with van der Waals surface area (Å²) < 4.78 is 18.9. The minimum absolute atomic E-state index is 0.437. The highest BCUT2D eigenvalue weighted by Crippen LogP contribution is 2.37. The van der Waals surface area contributed by atoms with Crippen LogP contribution in [0.1, 0.15) is 18.2 Å². The van der Waals surface area contributed by atoms with Crippen molar-refractivity contribution in [3.05, 3.63) is 84.2 Å². The SMILES string of the molecule is CCOc1cccc(-c2nc3ncc(C#Cc4ccccc4)nc3n2-c2c(OC)cccc2OC)n1. The number of ether oxygens (including phenoxy) is 3. The van der Waals surface area contributed by atoms with Gasteiger partial charge in [0.25, 0.3) is 0 Å². The first kappa shape index (κ1) is 22.9. The second-order valence-corrected chi connectivity index (χ2v) is 7.59. The van der Waals surface area contributed by atoms with Crippen molar-refractivity contribution in [2.45, 2.75) is 6.92 Å². The second kappa shape index (κ2) is 10.2. The van der Waals surface area contributed by atoms with E-state index >= 15 is 0 Å². The van der Waals surface area contributed by atoms with Gasteiger partial charge in [0.2, 0.25) is 5.88 Å². The Balaban J connectivity index is 1.77. The molecule has 0 aliphatic carbocycles. The van der Waals surface area contributed by atoms with Crippen LogP contribution in [0.2, 0.25) is 0 Å². The van der Waals surface area contributed by atoms with Gasteiger partial charge < -0.3 is 14.2 Å². The predicted octanol–water partition coefficient (Wildman–Crippen LogP) is 4.69. The van der Waals surface area contributed by atoms with E-state index in [-0.39, 0.29) is 0 Å². The molecule has 0 unspecified atom stereocenters. The van der Waals surface area contributed by atoms with E-state index in [0.717, 1.165) is 5.56 Å². The van der Waals surface area contributed by atoms with Crippen molar-refractivity contribution in [3.63, 3.8) is 0 Å². The maximum Gasteiger partial charge on any atom is 0.213 e. The Morgan fingerprint density at radius 2 is 1.56 bits per heavy atom. The fourth-order valence-corrected chi connectivity index (χ4v) is 3.77. The topological polar surface area (TPSA) is 84.2 Å². The van der Waals surface area contributed by atoms with E-state index in [1.807, 2.05) is 72.2 Å². The zero-order chi connectivity index (χ0) is 24.9. The number of rotatable bonds is 6. The highest BCUT2D eigenvalue weighted by molar-refractivity contribution is 5.79. The van der Waals surface area contributed by atoms with Gasteiger partial charge in [0.15, 0.2) is 17.1 Å². The van der Waals surface area contributed by atoms with Crippen LogP contribution in [0.5, 0.6) is 17.4 Å². The Bertz CT molecular complexity index is 1560. The van der Waals surface area contributed by atoms with Crippen LogP contribution in [-0.2, 0) is 0 Å². The number of aromatic nitrogens is 5. The quantitative estimate of drug-likeness (QED) is 0.328. The van der Waals surface area contributed by atoms with Gasteiger partial charge in [-0.3, -0.25) is 4.57 Å². The molecule has 3 aromatic heterocycles. The van der Waals surface area contributed by atoms with Gasteiger partial charge in [0, 0.05) is 11.6 Å². The molecular formula is C28H23N5O3. The summed E-state index contributed by atoms with van der Waals surface area (Å²) in [4.78, 5) is 18.8. The molecule has 36 heavy (non-hydrogen) atoms. The van der Waals surface area contributed by atoms with Crippen molar-refractivity contribution < 1.29 is 14.2 Å². The minimum Gasteiger partial charge on any atom is -0.494 e. The lowest BCUT2D eigenvalue weighted by Gasteiger charge is -2.16. The zero-order valence-corrected chi connectivity index (χ0v) is 20.1. The van der Waals surface area contributed by atoms with Crippen LogP contribution in [0.25, 0.3) is 28.5 Å². The Hall–Kier alpha value is -4.90. The maximum atomic E-state index is 5.70. The zero-order valence-electron chi connectivity index (χ0n) is 20.1. The molecule has 178 valence electrons. The Labute approximate surface area is 208 Å². The second-order valence-electron chi connectivity index (χ2n) is 7.59. The van der Waals surface area contributed by atoms with E-state index in [1.165, 1.54) is 0 Å². The fourth-order valence-electron chi connectivity index (χ4n) is 3.77. The van der Waals surface area contributed by atoms with Crippen molar-refractivity contribution in [1.29, 1.82) is 0 Å². The molecule has 8 nitrogen and oxygen atoms in total. The predicted molar refractivity (Wildman–Crippen MR) is 137 cm³/mol. The number of fused-ring (bicyclic) bond motifs is 1. The van der Waals surface area contributed by atoms with Crippen LogP contribution in [0.4, 0.5) is 0 Å². The Kier molecular flexibility index (Phi) is 6.45. The van der Waals surface area contributed by atoms with Crippen LogP contribution in [-0.4, -0.2) is 45.3 Å². The van der Waals surface area contributed by atoms with Gasteiger partial charge in [-0.25, -0.2) is 19.9 Å². The number of para-hydroxylation sites is 1. The smallest absolute Gasteiger partial charge is 0.213 e. The number of methoxy groups -OCH3 is 2. The third kappa shape index (κ3) is 4.42. The lowest BCUT2D eigenvalue weighted by molar-refractivity contribution is 0.327. The van der Waals surface area contributed by atoms with E-state index in [4.69, 9.17) is 24.2 Å². The van der Waals surface area contributed by atoms with Crippen LogP contribution >= 0.6 is 0 Å². The molecule has 0 radical (unpaired) electrons. The highest BCUT2D eigenvalue weighted by Gasteiger charge is 2.23. The molecule has 0 N–H and O–H groups in total. The molecule has 0 atom stereocenters. The molecule has 5 rings (SSSR count). The van der Waals surface area contributed by atoms with Gasteiger partial charge in [-0.2, -0.15) is 0 Å². The largest absolute Gasteiger partial charge is 0.494 e. The summed E-state index contributed by atoms with van der Waals surface area (Å²) in [6.07, 6.45) is 1.61. The third-order valence-corrected chi connectivity index (χ3v) is 5.35. The van der Waals surface area contributed by atoms with Crippen molar-refractivity contribution >= 4 is 11.3 Å². The van der Waals surface area contributed by atoms with Gasteiger partial charge in [-0.15, -0.1) is 0 Å².